The van der Waals surface area contributed by atoms with Crippen molar-refractivity contribution in [1.82, 2.24) is 10.2 Å². The van der Waals surface area contributed by atoms with Crippen LogP contribution < -0.4 is 5.32 Å². The maximum atomic E-state index is 12.5. The Kier molecular flexibility index (Phi) is 5.04. The molecule has 0 aromatic carbocycles. The Morgan fingerprint density at radius 3 is 2.50 bits per heavy atom. The number of nitrogens with one attached hydrogen (secondary N) is 1. The van der Waals surface area contributed by atoms with Gasteiger partial charge in [-0.15, -0.1) is 0 Å². The highest BCUT2D eigenvalue weighted by Crippen LogP contribution is 2.30. The van der Waals surface area contributed by atoms with Crippen molar-refractivity contribution in [3.63, 3.8) is 0 Å². The van der Waals surface area contributed by atoms with Crippen molar-refractivity contribution in [2.45, 2.75) is 89.9 Å². The molecule has 1 aliphatic heterocycles. The smallest absolute Gasteiger partial charge is 0.241 e. The predicted molar refractivity (Wildman–Crippen MR) is 74.2 cm³/mol. The second-order valence-corrected chi connectivity index (χ2v) is 5.85. The average Bonchev–Trinajstić information content (AvgIpc) is 2.96. The monoisotopic (exact) mass is 252 g/mol. The Morgan fingerprint density at radius 2 is 1.89 bits per heavy atom. The highest BCUT2D eigenvalue weighted by Gasteiger charge is 2.41. The quantitative estimate of drug-likeness (QED) is 0.788. The summed E-state index contributed by atoms with van der Waals surface area (Å²) in [5.41, 5.74) is 0. The largest absolute Gasteiger partial charge is 0.323 e. The summed E-state index contributed by atoms with van der Waals surface area (Å²) in [6.45, 7) is 4.40. The van der Waals surface area contributed by atoms with Gasteiger partial charge in [-0.05, 0) is 25.7 Å². The Labute approximate surface area is 111 Å². The first-order valence-corrected chi connectivity index (χ1v) is 7.86. The van der Waals surface area contributed by atoms with Crippen LogP contribution in [0.15, 0.2) is 0 Å². The van der Waals surface area contributed by atoms with Crippen LogP contribution in [0.3, 0.4) is 0 Å². The molecule has 0 radical (unpaired) electrons. The molecule has 3 nitrogen and oxygen atoms in total. The zero-order chi connectivity index (χ0) is 13.0. The van der Waals surface area contributed by atoms with Crippen LogP contribution in [-0.2, 0) is 4.79 Å². The molecule has 0 aromatic heterocycles. The summed E-state index contributed by atoms with van der Waals surface area (Å²) in [4.78, 5) is 14.8. The van der Waals surface area contributed by atoms with Gasteiger partial charge in [-0.2, -0.15) is 0 Å². The van der Waals surface area contributed by atoms with Gasteiger partial charge < -0.3 is 4.90 Å². The zero-order valence-electron chi connectivity index (χ0n) is 12.0. The first-order chi connectivity index (χ1) is 8.77. The lowest BCUT2D eigenvalue weighted by Crippen LogP contribution is -2.43. The Morgan fingerprint density at radius 1 is 1.17 bits per heavy atom. The summed E-state index contributed by atoms with van der Waals surface area (Å²) in [7, 11) is 0. The molecule has 104 valence electrons. The summed E-state index contributed by atoms with van der Waals surface area (Å²) in [6.07, 6.45) is 10.9. The van der Waals surface area contributed by atoms with E-state index in [2.05, 4.69) is 24.1 Å². The number of nitrogens with zero attached hydrogens (tertiary/aromatic N) is 1. The Bertz CT molecular complexity index is 274. The van der Waals surface area contributed by atoms with Crippen LogP contribution in [0.1, 0.15) is 71.6 Å². The van der Waals surface area contributed by atoms with E-state index in [1.54, 1.807) is 0 Å². The first kappa shape index (κ1) is 13.9. The van der Waals surface area contributed by atoms with Crippen LogP contribution in [0.2, 0.25) is 0 Å². The molecule has 0 aromatic rings. The number of unbranched alkanes of at least 4 members (excludes halogenated alkanes) is 1. The minimum absolute atomic E-state index is 0.0992. The van der Waals surface area contributed by atoms with E-state index in [1.807, 2.05) is 0 Å². The van der Waals surface area contributed by atoms with E-state index in [-0.39, 0.29) is 6.04 Å². The van der Waals surface area contributed by atoms with Gasteiger partial charge in [0.25, 0.3) is 0 Å². The standard InChI is InChI=1S/C15H28N2O/c1-3-5-11-13-15(18)17(12-9-6-7-10-12)14(16-13)8-4-2/h12-14,16H,3-11H2,1-2H3. The van der Waals surface area contributed by atoms with Crippen LogP contribution in [0, 0.1) is 0 Å². The summed E-state index contributed by atoms with van der Waals surface area (Å²) in [6, 6.07) is 0.621. The normalized spacial score (nSPS) is 29.4. The molecule has 1 amide bonds. The maximum absolute atomic E-state index is 12.5. The molecule has 1 saturated carbocycles. The first-order valence-electron chi connectivity index (χ1n) is 7.86. The molecule has 0 spiro atoms. The minimum Gasteiger partial charge on any atom is -0.323 e. The molecule has 1 aliphatic carbocycles. The SMILES string of the molecule is CCCCC1NC(CCC)N(C2CCCC2)C1=O. The van der Waals surface area contributed by atoms with Crippen molar-refractivity contribution in [3.8, 4) is 0 Å². The second kappa shape index (κ2) is 6.55. The van der Waals surface area contributed by atoms with Crippen molar-refractivity contribution in [3.05, 3.63) is 0 Å². The van der Waals surface area contributed by atoms with E-state index in [9.17, 15) is 4.79 Å². The number of hydrogen-bond acceptors (Lipinski definition) is 2. The molecular weight excluding hydrogens is 224 g/mol. The lowest BCUT2D eigenvalue weighted by atomic mass is 10.1. The number of carbonyl (C=O) groups excluding carboxylic acids is 1. The summed E-state index contributed by atoms with van der Waals surface area (Å²) in [5.74, 6) is 0.383. The summed E-state index contributed by atoms with van der Waals surface area (Å²) in [5, 5.41) is 3.58. The van der Waals surface area contributed by atoms with E-state index >= 15 is 0 Å². The molecule has 3 heteroatoms. The molecule has 2 aliphatic rings. The van der Waals surface area contributed by atoms with Gasteiger partial charge in [-0.3, -0.25) is 10.1 Å². The molecule has 18 heavy (non-hydrogen) atoms. The van der Waals surface area contributed by atoms with Crippen LogP contribution >= 0.6 is 0 Å². The number of carbonyl (C=O) groups is 1. The molecule has 0 bridgehead atoms. The average molecular weight is 252 g/mol. The zero-order valence-corrected chi connectivity index (χ0v) is 12.0. The van der Waals surface area contributed by atoms with Gasteiger partial charge in [0.1, 0.15) is 0 Å². The molecular formula is C15H28N2O. The van der Waals surface area contributed by atoms with Gasteiger partial charge >= 0.3 is 0 Å². The fraction of sp³-hybridized carbons (Fsp3) is 0.933. The third kappa shape index (κ3) is 2.87. The third-order valence-corrected chi connectivity index (χ3v) is 4.41. The van der Waals surface area contributed by atoms with Crippen molar-refractivity contribution >= 4 is 5.91 Å². The predicted octanol–water partition coefficient (Wildman–Crippen LogP) is 3.05. The van der Waals surface area contributed by atoms with Crippen molar-refractivity contribution in [1.29, 1.82) is 0 Å². The van der Waals surface area contributed by atoms with E-state index in [0.717, 1.165) is 25.7 Å². The van der Waals surface area contributed by atoms with Gasteiger partial charge in [0, 0.05) is 6.04 Å². The molecule has 2 rings (SSSR count). The molecule has 2 atom stereocenters. The third-order valence-electron chi connectivity index (χ3n) is 4.41. The lowest BCUT2D eigenvalue weighted by molar-refractivity contribution is -0.132. The van der Waals surface area contributed by atoms with Crippen LogP contribution in [0.25, 0.3) is 0 Å². The second-order valence-electron chi connectivity index (χ2n) is 5.85. The van der Waals surface area contributed by atoms with Crippen molar-refractivity contribution in [2.24, 2.45) is 0 Å². The highest BCUT2D eigenvalue weighted by atomic mass is 16.2. The van der Waals surface area contributed by atoms with Crippen LogP contribution in [-0.4, -0.2) is 29.1 Å². The number of hydrogen-bond donors (Lipinski definition) is 1. The molecule has 1 saturated heterocycles. The van der Waals surface area contributed by atoms with Gasteiger partial charge in [-0.25, -0.2) is 0 Å². The van der Waals surface area contributed by atoms with E-state index < -0.39 is 0 Å². The Balaban J connectivity index is 2.01. The number of amides is 1. The van der Waals surface area contributed by atoms with Crippen molar-refractivity contribution < 1.29 is 4.79 Å². The van der Waals surface area contributed by atoms with E-state index in [0.29, 0.717) is 18.1 Å². The van der Waals surface area contributed by atoms with Gasteiger partial charge in [-0.1, -0.05) is 46.0 Å². The Hall–Kier alpha value is -0.570. The van der Waals surface area contributed by atoms with Crippen LogP contribution in [0.4, 0.5) is 0 Å². The minimum atomic E-state index is 0.0992. The summed E-state index contributed by atoms with van der Waals surface area (Å²) < 4.78 is 0. The summed E-state index contributed by atoms with van der Waals surface area (Å²) >= 11 is 0. The molecule has 1 N–H and O–H groups in total. The lowest BCUT2D eigenvalue weighted by Gasteiger charge is -2.30. The van der Waals surface area contributed by atoms with Gasteiger partial charge in [0.15, 0.2) is 0 Å². The topological polar surface area (TPSA) is 32.3 Å². The van der Waals surface area contributed by atoms with Crippen LogP contribution in [0.5, 0.6) is 0 Å². The molecule has 2 fully saturated rings. The highest BCUT2D eigenvalue weighted by molar-refractivity contribution is 5.84. The fourth-order valence-electron chi connectivity index (χ4n) is 3.45. The molecule has 1 heterocycles. The van der Waals surface area contributed by atoms with Gasteiger partial charge in [0.2, 0.25) is 5.91 Å². The maximum Gasteiger partial charge on any atom is 0.241 e. The van der Waals surface area contributed by atoms with Crippen molar-refractivity contribution in [2.75, 3.05) is 0 Å². The van der Waals surface area contributed by atoms with Gasteiger partial charge in [0.05, 0.1) is 12.2 Å². The fourth-order valence-corrected chi connectivity index (χ4v) is 3.45. The van der Waals surface area contributed by atoms with E-state index in [1.165, 1.54) is 32.1 Å². The number of rotatable bonds is 6. The van der Waals surface area contributed by atoms with E-state index in [4.69, 9.17) is 0 Å². The molecule has 2 unspecified atom stereocenters.